The van der Waals surface area contributed by atoms with Gasteiger partial charge in [-0.15, -0.1) is 0 Å². The van der Waals surface area contributed by atoms with Gasteiger partial charge in [-0.05, 0) is 71.8 Å². The first-order valence-electron chi connectivity index (χ1n) is 11.8. The summed E-state index contributed by atoms with van der Waals surface area (Å²) in [5.74, 6) is -1.20. The second-order valence-electron chi connectivity index (χ2n) is 9.22. The predicted octanol–water partition coefficient (Wildman–Crippen LogP) is 5.33. The third kappa shape index (κ3) is 4.73. The van der Waals surface area contributed by atoms with E-state index >= 15 is 0 Å². The Morgan fingerprint density at radius 3 is 2.50 bits per heavy atom. The second kappa shape index (κ2) is 10.3. The van der Waals surface area contributed by atoms with E-state index in [2.05, 4.69) is 4.98 Å². The Morgan fingerprint density at radius 2 is 1.89 bits per heavy atom. The van der Waals surface area contributed by atoms with E-state index in [1.54, 1.807) is 43.8 Å². The number of aliphatic hydroxyl groups excluding tert-OH is 1. The standard InChI is InChI=1S/C29H29FN2O4/c1-17(2)22-15-23(18(3)14-24(22)36-4)27(33)25-26(20-6-5-12-31-16-20)32(29(35)28(25)34)13-11-19-7-9-21(30)10-8-19/h5-10,12,14-17,26,33H,11,13H2,1-4H3/b27-25+. The molecule has 0 aliphatic carbocycles. The van der Waals surface area contributed by atoms with E-state index in [-0.39, 0.29) is 29.6 Å². The van der Waals surface area contributed by atoms with Crippen LogP contribution in [0.1, 0.15) is 53.6 Å². The van der Waals surface area contributed by atoms with E-state index in [1.165, 1.54) is 17.0 Å². The Morgan fingerprint density at radius 1 is 1.17 bits per heavy atom. The van der Waals surface area contributed by atoms with Gasteiger partial charge < -0.3 is 14.7 Å². The van der Waals surface area contributed by atoms with Crippen molar-refractivity contribution < 1.29 is 23.8 Å². The van der Waals surface area contributed by atoms with Gasteiger partial charge in [0.15, 0.2) is 0 Å². The van der Waals surface area contributed by atoms with E-state index in [9.17, 15) is 19.1 Å². The van der Waals surface area contributed by atoms with E-state index in [4.69, 9.17) is 4.74 Å². The number of nitrogens with zero attached hydrogens (tertiary/aromatic N) is 2. The zero-order chi connectivity index (χ0) is 26.0. The molecule has 7 heteroatoms. The Bertz CT molecular complexity index is 1320. The van der Waals surface area contributed by atoms with Crippen LogP contribution in [0.25, 0.3) is 5.76 Å². The van der Waals surface area contributed by atoms with Crippen molar-refractivity contribution in [1.82, 2.24) is 9.88 Å². The lowest BCUT2D eigenvalue weighted by Crippen LogP contribution is -2.31. The van der Waals surface area contributed by atoms with Crippen LogP contribution in [0.3, 0.4) is 0 Å². The molecule has 0 saturated carbocycles. The molecular formula is C29H29FN2O4. The number of pyridine rings is 1. The molecule has 186 valence electrons. The Kier molecular flexibility index (Phi) is 7.20. The van der Waals surface area contributed by atoms with Crippen molar-refractivity contribution in [3.63, 3.8) is 0 Å². The number of aromatic nitrogens is 1. The molecule has 1 N–H and O–H groups in total. The van der Waals surface area contributed by atoms with Crippen molar-refractivity contribution in [2.24, 2.45) is 0 Å². The molecule has 0 bridgehead atoms. The highest BCUT2D eigenvalue weighted by molar-refractivity contribution is 6.46. The molecule has 1 aliphatic heterocycles. The van der Waals surface area contributed by atoms with Gasteiger partial charge in [-0.25, -0.2) is 4.39 Å². The number of ether oxygens (including phenoxy) is 1. The summed E-state index contributed by atoms with van der Waals surface area (Å²) in [4.78, 5) is 32.2. The molecule has 2 heterocycles. The van der Waals surface area contributed by atoms with Gasteiger partial charge >= 0.3 is 0 Å². The highest BCUT2D eigenvalue weighted by Crippen LogP contribution is 2.41. The number of carbonyl (C=O) groups excluding carboxylic acids is 2. The van der Waals surface area contributed by atoms with Gasteiger partial charge in [-0.1, -0.05) is 32.0 Å². The maximum Gasteiger partial charge on any atom is 0.295 e. The van der Waals surface area contributed by atoms with Gasteiger partial charge in [0.25, 0.3) is 11.7 Å². The third-order valence-corrected chi connectivity index (χ3v) is 6.55. The first-order chi connectivity index (χ1) is 17.2. The zero-order valence-corrected chi connectivity index (χ0v) is 20.8. The van der Waals surface area contributed by atoms with Crippen LogP contribution in [0.5, 0.6) is 5.75 Å². The minimum Gasteiger partial charge on any atom is -0.507 e. The number of rotatable bonds is 7. The third-order valence-electron chi connectivity index (χ3n) is 6.55. The fourth-order valence-electron chi connectivity index (χ4n) is 4.62. The number of hydrogen-bond acceptors (Lipinski definition) is 5. The summed E-state index contributed by atoms with van der Waals surface area (Å²) in [6.45, 7) is 6.07. The van der Waals surface area contributed by atoms with Crippen molar-refractivity contribution in [1.29, 1.82) is 0 Å². The number of aryl methyl sites for hydroxylation is 1. The van der Waals surface area contributed by atoms with Crippen LogP contribution in [-0.4, -0.2) is 40.3 Å². The number of ketones is 1. The molecule has 1 aliphatic rings. The van der Waals surface area contributed by atoms with Crippen LogP contribution in [-0.2, 0) is 16.0 Å². The smallest absolute Gasteiger partial charge is 0.295 e. The summed E-state index contributed by atoms with van der Waals surface area (Å²) in [5, 5.41) is 11.5. The van der Waals surface area contributed by atoms with E-state index in [0.717, 1.165) is 16.7 Å². The van der Waals surface area contributed by atoms with E-state index < -0.39 is 17.7 Å². The highest BCUT2D eigenvalue weighted by Gasteiger charge is 2.46. The molecule has 4 rings (SSSR count). The van der Waals surface area contributed by atoms with Crippen molar-refractivity contribution >= 4 is 17.4 Å². The molecule has 0 radical (unpaired) electrons. The number of Topliss-reactive ketones (excluding diaryl/α,β-unsaturated/α-hetero) is 1. The topological polar surface area (TPSA) is 79.7 Å². The maximum atomic E-state index is 13.3. The van der Waals surface area contributed by atoms with Crippen molar-refractivity contribution in [3.05, 3.63) is 100 Å². The Labute approximate surface area is 210 Å². The summed E-state index contributed by atoms with van der Waals surface area (Å²) in [5.41, 5.74) is 3.55. The lowest BCUT2D eigenvalue weighted by molar-refractivity contribution is -0.139. The summed E-state index contributed by atoms with van der Waals surface area (Å²) < 4.78 is 18.8. The number of aliphatic hydroxyl groups is 1. The van der Waals surface area contributed by atoms with E-state index in [0.29, 0.717) is 23.3 Å². The van der Waals surface area contributed by atoms with Crippen LogP contribution in [0.2, 0.25) is 0 Å². The van der Waals surface area contributed by atoms with Crippen LogP contribution < -0.4 is 4.74 Å². The Hall–Kier alpha value is -4.00. The molecule has 1 fully saturated rings. The molecule has 3 aromatic rings. The number of benzene rings is 2. The molecule has 1 saturated heterocycles. The van der Waals surface area contributed by atoms with Crippen molar-refractivity contribution in [2.75, 3.05) is 13.7 Å². The summed E-state index contributed by atoms with van der Waals surface area (Å²) >= 11 is 0. The number of hydrogen-bond donors (Lipinski definition) is 1. The first-order valence-corrected chi connectivity index (χ1v) is 11.8. The fraction of sp³-hybridized carbons (Fsp3) is 0.276. The predicted molar refractivity (Wildman–Crippen MR) is 135 cm³/mol. The molecule has 1 aromatic heterocycles. The fourth-order valence-corrected chi connectivity index (χ4v) is 4.62. The largest absolute Gasteiger partial charge is 0.507 e. The van der Waals surface area contributed by atoms with Gasteiger partial charge in [0.1, 0.15) is 17.3 Å². The lowest BCUT2D eigenvalue weighted by atomic mass is 9.91. The summed E-state index contributed by atoms with van der Waals surface area (Å²) in [7, 11) is 1.59. The van der Waals surface area contributed by atoms with E-state index in [1.807, 2.05) is 32.9 Å². The normalized spacial score (nSPS) is 17.2. The number of halogens is 1. The SMILES string of the molecule is COc1cc(C)c(/C(O)=C2\C(=O)C(=O)N(CCc3ccc(F)cc3)C2c2cccnc2)cc1C(C)C. The summed E-state index contributed by atoms with van der Waals surface area (Å²) in [6, 6.07) is 12.4. The number of likely N-dealkylation sites (tertiary alicyclic amines) is 1. The molecule has 2 aromatic carbocycles. The van der Waals surface area contributed by atoms with Gasteiger partial charge in [0, 0.05) is 24.5 Å². The van der Waals surface area contributed by atoms with Crippen molar-refractivity contribution in [3.8, 4) is 5.75 Å². The molecular weight excluding hydrogens is 459 g/mol. The van der Waals surface area contributed by atoms with Crippen molar-refractivity contribution in [2.45, 2.75) is 39.2 Å². The zero-order valence-electron chi connectivity index (χ0n) is 20.8. The van der Waals surface area contributed by atoms with Crippen LogP contribution in [0.4, 0.5) is 4.39 Å². The quantitative estimate of drug-likeness (QED) is 0.276. The van der Waals surface area contributed by atoms with Crippen LogP contribution in [0.15, 0.2) is 66.5 Å². The monoisotopic (exact) mass is 488 g/mol. The van der Waals surface area contributed by atoms with Gasteiger partial charge in [-0.2, -0.15) is 0 Å². The molecule has 0 spiro atoms. The molecule has 1 atom stereocenters. The average molecular weight is 489 g/mol. The van der Waals surface area contributed by atoms with Gasteiger partial charge in [0.05, 0.1) is 18.7 Å². The minimum absolute atomic E-state index is 0.0232. The van der Waals surface area contributed by atoms with Gasteiger partial charge in [0.2, 0.25) is 0 Å². The molecule has 36 heavy (non-hydrogen) atoms. The Balaban J connectivity index is 1.82. The van der Waals surface area contributed by atoms with Crippen LogP contribution >= 0.6 is 0 Å². The average Bonchev–Trinajstić information content (AvgIpc) is 3.13. The maximum absolute atomic E-state index is 13.3. The molecule has 6 nitrogen and oxygen atoms in total. The number of amides is 1. The second-order valence-corrected chi connectivity index (χ2v) is 9.22. The minimum atomic E-state index is -0.803. The van der Waals surface area contributed by atoms with Crippen LogP contribution in [0, 0.1) is 12.7 Å². The number of carbonyl (C=O) groups is 2. The summed E-state index contributed by atoms with van der Waals surface area (Å²) in [6.07, 6.45) is 3.62. The highest BCUT2D eigenvalue weighted by atomic mass is 19.1. The first kappa shape index (κ1) is 25.1. The lowest BCUT2D eigenvalue weighted by Gasteiger charge is -2.25. The molecule has 1 amide bonds. The van der Waals surface area contributed by atoms with Gasteiger partial charge in [-0.3, -0.25) is 14.6 Å². The number of methoxy groups -OCH3 is 1. The molecule has 1 unspecified atom stereocenters.